The van der Waals surface area contributed by atoms with Crippen LogP contribution >= 0.6 is 0 Å². The van der Waals surface area contributed by atoms with Gasteiger partial charge in [0.05, 0.1) is 11.4 Å². The smallest absolute Gasteiger partial charge is 0.269 e. The van der Waals surface area contributed by atoms with Gasteiger partial charge in [-0.1, -0.05) is 36.4 Å². The van der Waals surface area contributed by atoms with Crippen LogP contribution in [-0.4, -0.2) is 26.8 Å². The number of rotatable bonds is 5. The Balaban J connectivity index is 1.83. The molecule has 2 aromatic carbocycles. The number of amides is 2. The van der Waals surface area contributed by atoms with Crippen molar-refractivity contribution in [3.63, 3.8) is 0 Å². The van der Waals surface area contributed by atoms with Crippen LogP contribution in [0.25, 0.3) is 0 Å². The minimum atomic E-state index is -3.77. The van der Waals surface area contributed by atoms with Crippen LogP contribution < -0.4 is 15.6 Å². The van der Waals surface area contributed by atoms with Crippen molar-refractivity contribution in [2.45, 2.75) is 4.90 Å². The zero-order chi connectivity index (χ0) is 16.7. The van der Waals surface area contributed by atoms with Crippen molar-refractivity contribution in [1.29, 1.82) is 0 Å². The van der Waals surface area contributed by atoms with Gasteiger partial charge in [-0.05, 0) is 24.3 Å². The molecule has 0 saturated carbocycles. The molecule has 0 aliphatic carbocycles. The van der Waals surface area contributed by atoms with E-state index in [0.717, 1.165) is 0 Å². The Morgan fingerprint density at radius 3 is 2.00 bits per heavy atom. The first-order chi connectivity index (χ1) is 11.0. The summed E-state index contributed by atoms with van der Waals surface area (Å²) >= 11 is 0. The van der Waals surface area contributed by atoms with Gasteiger partial charge in [-0.25, -0.2) is 13.1 Å². The van der Waals surface area contributed by atoms with E-state index >= 15 is 0 Å². The summed E-state index contributed by atoms with van der Waals surface area (Å²) in [5, 5.41) is 0. The number of hydrazine groups is 1. The predicted octanol–water partition coefficient (Wildman–Crippen LogP) is 0.426. The summed E-state index contributed by atoms with van der Waals surface area (Å²) < 4.78 is 26.0. The molecule has 0 atom stereocenters. The fraction of sp³-hybridized carbons (Fsp3) is 0.0667. The van der Waals surface area contributed by atoms with Crippen LogP contribution in [0.4, 0.5) is 0 Å². The lowest BCUT2D eigenvalue weighted by Gasteiger charge is -2.09. The second-order valence-electron chi connectivity index (χ2n) is 4.51. The van der Waals surface area contributed by atoms with E-state index in [-0.39, 0.29) is 4.90 Å². The van der Waals surface area contributed by atoms with Crippen LogP contribution in [0.15, 0.2) is 65.6 Å². The van der Waals surface area contributed by atoms with Crippen molar-refractivity contribution in [2.75, 3.05) is 6.54 Å². The molecule has 0 aromatic heterocycles. The van der Waals surface area contributed by atoms with Crippen molar-refractivity contribution in [1.82, 2.24) is 15.6 Å². The first-order valence-electron chi connectivity index (χ1n) is 6.68. The zero-order valence-corrected chi connectivity index (χ0v) is 12.8. The lowest BCUT2D eigenvalue weighted by atomic mass is 10.2. The predicted molar refractivity (Wildman–Crippen MR) is 83.7 cm³/mol. The molecule has 0 bridgehead atoms. The van der Waals surface area contributed by atoms with Gasteiger partial charge in [-0.15, -0.1) is 0 Å². The summed E-state index contributed by atoms with van der Waals surface area (Å²) in [6.07, 6.45) is 0. The Morgan fingerprint density at radius 1 is 0.826 bits per heavy atom. The minimum absolute atomic E-state index is 0.0566. The number of benzene rings is 2. The molecule has 0 heterocycles. The highest BCUT2D eigenvalue weighted by atomic mass is 32.2. The number of carbonyl (C=O) groups is 2. The fourth-order valence-corrected chi connectivity index (χ4v) is 2.68. The molecule has 23 heavy (non-hydrogen) atoms. The van der Waals surface area contributed by atoms with Gasteiger partial charge in [0.25, 0.3) is 11.8 Å². The van der Waals surface area contributed by atoms with Crippen molar-refractivity contribution in [3.05, 3.63) is 66.2 Å². The molecule has 3 N–H and O–H groups in total. The Morgan fingerprint density at radius 2 is 1.39 bits per heavy atom. The standard InChI is InChI=1S/C15H15N3O4S/c19-14(17-18-15(20)12-7-3-1-4-8-12)11-16-23(21,22)13-9-5-2-6-10-13/h1-10,16H,11H2,(H,17,19)(H,18,20). The van der Waals surface area contributed by atoms with Gasteiger partial charge in [0, 0.05) is 5.56 Å². The fourth-order valence-electron chi connectivity index (χ4n) is 1.68. The van der Waals surface area contributed by atoms with Gasteiger partial charge in [0.15, 0.2) is 0 Å². The van der Waals surface area contributed by atoms with Gasteiger partial charge in [0.1, 0.15) is 0 Å². The SMILES string of the molecule is O=C(CNS(=O)(=O)c1ccccc1)NNC(=O)c1ccccc1. The van der Waals surface area contributed by atoms with Crippen LogP contribution in [0, 0.1) is 0 Å². The van der Waals surface area contributed by atoms with Crippen molar-refractivity contribution in [2.24, 2.45) is 0 Å². The number of hydrogen-bond donors (Lipinski definition) is 3. The molecule has 2 aromatic rings. The largest absolute Gasteiger partial charge is 0.272 e. The summed E-state index contributed by atoms with van der Waals surface area (Å²) in [5.41, 5.74) is 4.71. The van der Waals surface area contributed by atoms with Crippen molar-refractivity contribution >= 4 is 21.8 Å². The third-order valence-electron chi connectivity index (χ3n) is 2.83. The average molecular weight is 333 g/mol. The van der Waals surface area contributed by atoms with E-state index in [1.165, 1.54) is 12.1 Å². The molecule has 0 fully saturated rings. The van der Waals surface area contributed by atoms with Crippen molar-refractivity contribution < 1.29 is 18.0 Å². The molecule has 0 unspecified atom stereocenters. The van der Waals surface area contributed by atoms with Gasteiger partial charge >= 0.3 is 0 Å². The van der Waals surface area contributed by atoms with E-state index < -0.39 is 28.4 Å². The average Bonchev–Trinajstić information content (AvgIpc) is 2.59. The molecule has 7 nitrogen and oxygen atoms in total. The van der Waals surface area contributed by atoms with Crippen LogP contribution in [0.2, 0.25) is 0 Å². The van der Waals surface area contributed by atoms with Gasteiger partial charge in [0.2, 0.25) is 10.0 Å². The molecule has 0 aliphatic heterocycles. The maximum atomic E-state index is 11.9. The van der Waals surface area contributed by atoms with Gasteiger partial charge in [-0.2, -0.15) is 0 Å². The second kappa shape index (κ2) is 7.52. The highest BCUT2D eigenvalue weighted by Gasteiger charge is 2.15. The van der Waals surface area contributed by atoms with Gasteiger partial charge in [-0.3, -0.25) is 20.4 Å². The molecule has 0 aliphatic rings. The Hall–Kier alpha value is -2.71. The third kappa shape index (κ3) is 4.90. The number of sulfonamides is 1. The summed E-state index contributed by atoms with van der Waals surface area (Å²) in [7, 11) is -3.77. The molecular weight excluding hydrogens is 318 g/mol. The van der Waals surface area contributed by atoms with Crippen LogP contribution in [0.3, 0.4) is 0 Å². The number of nitrogens with one attached hydrogen (secondary N) is 3. The second-order valence-corrected chi connectivity index (χ2v) is 6.27. The van der Waals surface area contributed by atoms with E-state index in [4.69, 9.17) is 0 Å². The number of carbonyl (C=O) groups excluding carboxylic acids is 2. The molecule has 0 spiro atoms. The molecular formula is C15H15N3O4S. The van der Waals surface area contributed by atoms with Crippen molar-refractivity contribution in [3.8, 4) is 0 Å². The third-order valence-corrected chi connectivity index (χ3v) is 4.24. The maximum Gasteiger partial charge on any atom is 0.269 e. The molecule has 2 amide bonds. The molecule has 2 rings (SSSR count). The normalized spacial score (nSPS) is 10.8. The molecule has 0 saturated heterocycles. The molecule has 8 heteroatoms. The summed E-state index contributed by atoms with van der Waals surface area (Å²) in [6.45, 7) is -0.494. The van der Waals surface area contributed by atoms with E-state index in [0.29, 0.717) is 5.56 Å². The monoisotopic (exact) mass is 333 g/mol. The highest BCUT2D eigenvalue weighted by molar-refractivity contribution is 7.89. The van der Waals surface area contributed by atoms with E-state index in [9.17, 15) is 18.0 Å². The minimum Gasteiger partial charge on any atom is -0.272 e. The Bertz CT molecular complexity index is 777. The van der Waals surface area contributed by atoms with Crippen LogP contribution in [-0.2, 0) is 14.8 Å². The van der Waals surface area contributed by atoms with Crippen LogP contribution in [0.5, 0.6) is 0 Å². The molecule has 0 radical (unpaired) electrons. The summed E-state index contributed by atoms with van der Waals surface area (Å²) in [4.78, 5) is 23.4. The quantitative estimate of drug-likeness (QED) is 0.690. The first kappa shape index (κ1) is 16.7. The summed E-state index contributed by atoms with van der Waals surface area (Å²) in [5.74, 6) is -1.18. The first-order valence-corrected chi connectivity index (χ1v) is 8.16. The topological polar surface area (TPSA) is 104 Å². The lowest BCUT2D eigenvalue weighted by molar-refractivity contribution is -0.120. The number of hydrogen-bond acceptors (Lipinski definition) is 4. The summed E-state index contributed by atoms with van der Waals surface area (Å²) in [6, 6.07) is 16.0. The maximum absolute atomic E-state index is 11.9. The molecule has 120 valence electrons. The lowest BCUT2D eigenvalue weighted by Crippen LogP contribution is -2.46. The van der Waals surface area contributed by atoms with Crippen LogP contribution in [0.1, 0.15) is 10.4 Å². The Kier molecular flexibility index (Phi) is 5.45. The van der Waals surface area contributed by atoms with E-state index in [2.05, 4.69) is 15.6 Å². The Labute approximate surface area is 133 Å². The van der Waals surface area contributed by atoms with E-state index in [1.54, 1.807) is 48.5 Å². The zero-order valence-electron chi connectivity index (χ0n) is 12.0. The highest BCUT2D eigenvalue weighted by Crippen LogP contribution is 2.06. The van der Waals surface area contributed by atoms with Gasteiger partial charge < -0.3 is 0 Å². The van der Waals surface area contributed by atoms with E-state index in [1.807, 2.05) is 0 Å².